The number of allylic oxidation sites excluding steroid dienone is 5. The van der Waals surface area contributed by atoms with Gasteiger partial charge in [-0.1, -0.05) is 26.0 Å². The van der Waals surface area contributed by atoms with Gasteiger partial charge in [-0.05, 0) is 111 Å². The fraction of sp³-hybridized carbons (Fsp3) is 0.391. The Morgan fingerprint density at radius 3 is 1.91 bits per heavy atom. The molecule has 3 aromatic rings. The van der Waals surface area contributed by atoms with Crippen LogP contribution in [0.4, 0.5) is 11.4 Å². The van der Waals surface area contributed by atoms with Gasteiger partial charge in [0.2, 0.25) is 11.4 Å². The van der Waals surface area contributed by atoms with E-state index in [2.05, 4.69) is 0 Å². The molecule has 70 heavy (non-hydrogen) atoms. The molecular formula is C46H56N2NaO17S4+. The number of aliphatic carboxylic acids is 1. The maximum absolute atomic E-state index is 12.3. The second kappa shape index (κ2) is 22.2. The number of carboxylic acid groups (broad SMARTS) is 1. The van der Waals surface area contributed by atoms with Crippen molar-refractivity contribution < 1.29 is 80.6 Å². The normalized spacial score (nSPS) is 18.1. The summed E-state index contributed by atoms with van der Waals surface area (Å²) in [5.74, 6) is -1.16. The van der Waals surface area contributed by atoms with Gasteiger partial charge >= 0.3 is 35.5 Å². The number of nitrogens with zero attached hydrogens (tertiary/aromatic N) is 2. The molecule has 0 aliphatic carbocycles. The zero-order chi connectivity index (χ0) is 50.7. The first-order chi connectivity index (χ1) is 32.1. The van der Waals surface area contributed by atoms with Gasteiger partial charge in [0.05, 0.1) is 26.7 Å². The van der Waals surface area contributed by atoms with E-state index in [0.29, 0.717) is 52.5 Å². The SMILES string of the molecule is CC1(C)C(/C=C\C2=C(Oc3ccc(CCC(=O)O)cc3)C(=C/C=C3/N(CCCCS(=O)(=O)O)c4ccc(S(=O)(=O)O)cc4C3(C)C)/OCCO2)=[N+](CCCCS(=O)(=O)O)c2ccc(S(=O)(=O)O)cc21.[NaH]. The Labute approximate surface area is 430 Å². The van der Waals surface area contributed by atoms with E-state index in [1.165, 1.54) is 24.3 Å². The molecule has 376 valence electrons. The summed E-state index contributed by atoms with van der Waals surface area (Å²) in [5, 5.41) is 9.23. The van der Waals surface area contributed by atoms with E-state index in [-0.39, 0.29) is 109 Å². The average Bonchev–Trinajstić information content (AvgIpc) is 3.47. The average molecular weight is 1060 g/mol. The Morgan fingerprint density at radius 1 is 0.729 bits per heavy atom. The molecule has 24 heteroatoms. The zero-order valence-corrected chi connectivity index (χ0v) is 41.5. The van der Waals surface area contributed by atoms with E-state index < -0.39 is 68.8 Å². The van der Waals surface area contributed by atoms with Gasteiger partial charge in [-0.2, -0.15) is 38.2 Å². The Morgan fingerprint density at radius 2 is 1.31 bits per heavy atom. The number of carboxylic acids is 1. The number of anilines is 1. The third kappa shape index (κ3) is 14.0. The number of benzene rings is 3. The summed E-state index contributed by atoms with van der Waals surface area (Å²) in [7, 11) is -17.7. The van der Waals surface area contributed by atoms with Gasteiger partial charge in [-0.3, -0.25) is 23.0 Å². The van der Waals surface area contributed by atoms with Crippen LogP contribution in [0.25, 0.3) is 0 Å². The molecule has 0 radical (unpaired) electrons. The number of ether oxygens (including phenoxy) is 3. The predicted molar refractivity (Wildman–Crippen MR) is 261 cm³/mol. The fourth-order valence-corrected chi connectivity index (χ4v) is 10.7. The first-order valence-electron chi connectivity index (χ1n) is 21.7. The third-order valence-corrected chi connectivity index (χ3v) is 15.3. The first kappa shape index (κ1) is 56.5. The molecule has 19 nitrogen and oxygen atoms in total. The number of carbonyl (C=O) groups is 1. The summed E-state index contributed by atoms with van der Waals surface area (Å²) in [6.45, 7) is 7.92. The van der Waals surface area contributed by atoms with Gasteiger partial charge in [-0.25, -0.2) is 0 Å². The molecule has 0 spiro atoms. The van der Waals surface area contributed by atoms with E-state index in [1.807, 2.05) is 37.2 Å². The van der Waals surface area contributed by atoms with E-state index in [0.717, 1.165) is 5.56 Å². The van der Waals surface area contributed by atoms with Gasteiger partial charge in [0.25, 0.3) is 40.5 Å². The number of unbranched alkanes of at least 4 members (excludes halogenated alkanes) is 2. The molecule has 0 saturated heterocycles. The predicted octanol–water partition coefficient (Wildman–Crippen LogP) is 5.72. The summed E-state index contributed by atoms with van der Waals surface area (Å²) in [5.41, 5.74) is 2.41. The van der Waals surface area contributed by atoms with Crippen LogP contribution in [0.3, 0.4) is 0 Å². The minimum atomic E-state index is -4.59. The van der Waals surface area contributed by atoms with Crippen LogP contribution in [0.2, 0.25) is 0 Å². The van der Waals surface area contributed by atoms with Crippen molar-refractivity contribution in [2.75, 3.05) is 42.7 Å². The molecule has 3 heterocycles. The summed E-state index contributed by atoms with van der Waals surface area (Å²) in [6, 6.07) is 15.1. The number of rotatable bonds is 20. The van der Waals surface area contributed by atoms with Gasteiger partial charge in [-0.15, -0.1) is 0 Å². The quantitative estimate of drug-likeness (QED) is 0.0391. The topological polar surface area (TPSA) is 289 Å². The van der Waals surface area contributed by atoms with Crippen molar-refractivity contribution >= 4 is 93.1 Å². The molecular weight excluding hydrogens is 1000 g/mol. The summed E-state index contributed by atoms with van der Waals surface area (Å²) >= 11 is 0. The monoisotopic (exact) mass is 1060 g/mol. The van der Waals surface area contributed by atoms with Crippen molar-refractivity contribution in [3.05, 3.63) is 125 Å². The van der Waals surface area contributed by atoms with Crippen LogP contribution >= 0.6 is 0 Å². The standard InChI is InChI=1S/C46H54N2O17S4.Na.H/c1-45(2)35-29-33(68(57,58)59)14-16-37(35)47(23-5-7-27-66(51,52)53)41(45)20-18-39-44(65-32-12-9-31(10-13-32)11-22-43(49)50)40(64-26-25-63-39)19-21-42-46(3,4)36-30-34(69(60,61)62)15-17-38(36)48(42)24-6-8-28-67(54,55)56;;/h9-10,12-21,29-30H,5-8,11,22-28H2,1-4H3,(H4-,49,50,51,52,53,54,55,56,57,58,59,60,61,62);;/p+1. The van der Waals surface area contributed by atoms with Crippen LogP contribution in [-0.2, 0) is 72.0 Å². The summed E-state index contributed by atoms with van der Waals surface area (Å²) < 4.78 is 155. The molecule has 5 N–H and O–H groups in total. The molecule has 3 aliphatic heterocycles. The Kier molecular flexibility index (Phi) is 17.9. The Bertz CT molecular complexity index is 3120. The van der Waals surface area contributed by atoms with E-state index in [4.69, 9.17) is 14.2 Å². The van der Waals surface area contributed by atoms with Crippen LogP contribution in [0, 0.1) is 0 Å². The summed E-state index contributed by atoms with van der Waals surface area (Å²) in [4.78, 5) is 12.5. The third-order valence-electron chi connectivity index (χ3n) is 12.0. The van der Waals surface area contributed by atoms with E-state index in [1.54, 1.807) is 60.7 Å². The second-order valence-electron chi connectivity index (χ2n) is 17.7. The Hall–Kier alpha value is -4.40. The molecule has 0 amide bonds. The molecule has 0 unspecified atom stereocenters. The van der Waals surface area contributed by atoms with Crippen molar-refractivity contribution in [1.82, 2.24) is 0 Å². The van der Waals surface area contributed by atoms with Gasteiger partial charge in [0, 0.05) is 53.9 Å². The first-order valence-corrected chi connectivity index (χ1v) is 27.8. The van der Waals surface area contributed by atoms with Crippen LogP contribution in [0.5, 0.6) is 5.75 Å². The van der Waals surface area contributed by atoms with E-state index >= 15 is 0 Å². The van der Waals surface area contributed by atoms with Crippen molar-refractivity contribution in [2.24, 2.45) is 0 Å². The molecule has 0 saturated carbocycles. The number of hydrogen-bond donors (Lipinski definition) is 5. The molecule has 3 aliphatic rings. The van der Waals surface area contributed by atoms with Gasteiger partial charge in [0.1, 0.15) is 25.5 Å². The second-order valence-corrected chi connectivity index (χ2v) is 23.7. The van der Waals surface area contributed by atoms with Crippen LogP contribution in [0.1, 0.15) is 76.5 Å². The molecule has 0 bridgehead atoms. The van der Waals surface area contributed by atoms with Crippen molar-refractivity contribution in [3.63, 3.8) is 0 Å². The van der Waals surface area contributed by atoms with Crippen LogP contribution in [0.15, 0.2) is 118 Å². The van der Waals surface area contributed by atoms with Crippen molar-refractivity contribution in [2.45, 2.75) is 86.8 Å². The number of aryl methyl sites for hydroxylation is 1. The van der Waals surface area contributed by atoms with Crippen LogP contribution < -0.4 is 9.64 Å². The molecule has 0 aromatic heterocycles. The van der Waals surface area contributed by atoms with Crippen molar-refractivity contribution in [1.29, 1.82) is 0 Å². The number of hydrogen-bond acceptors (Lipinski definition) is 13. The van der Waals surface area contributed by atoms with Gasteiger partial charge in [0.15, 0.2) is 17.2 Å². The molecule has 6 rings (SSSR count). The van der Waals surface area contributed by atoms with Gasteiger partial charge < -0.3 is 24.2 Å². The van der Waals surface area contributed by atoms with E-state index in [9.17, 15) is 61.8 Å². The summed E-state index contributed by atoms with van der Waals surface area (Å²) in [6.07, 6.45) is 7.74. The van der Waals surface area contributed by atoms with Crippen molar-refractivity contribution in [3.8, 4) is 5.75 Å². The number of fused-ring (bicyclic) bond motifs is 2. The minimum absolute atomic E-state index is 0. The molecule has 0 fully saturated rings. The zero-order valence-electron chi connectivity index (χ0n) is 38.2. The molecule has 3 aromatic carbocycles. The van der Waals surface area contributed by atoms with Crippen LogP contribution in [-0.4, -0.2) is 141 Å². The molecule has 0 atom stereocenters. The fourth-order valence-electron chi connectivity index (χ4n) is 8.53. The Balaban J connectivity index is 0.00000913. The maximum atomic E-state index is 12.3.